The van der Waals surface area contributed by atoms with Gasteiger partial charge in [0.15, 0.2) is 0 Å². The smallest absolute Gasteiger partial charge is 0.320 e. The summed E-state index contributed by atoms with van der Waals surface area (Å²) in [5, 5.41) is 11.7. The van der Waals surface area contributed by atoms with Gasteiger partial charge in [-0.2, -0.15) is 0 Å². The van der Waals surface area contributed by atoms with Crippen LogP contribution >= 0.6 is 11.6 Å². The molecule has 1 aliphatic rings. The second-order valence-corrected chi connectivity index (χ2v) is 9.50. The summed E-state index contributed by atoms with van der Waals surface area (Å²) in [4.78, 5) is 12.7. The molecule has 8 nitrogen and oxygen atoms in total. The van der Waals surface area contributed by atoms with Crippen LogP contribution in [0.3, 0.4) is 0 Å². The molecule has 10 heteroatoms. The highest BCUT2D eigenvalue weighted by Crippen LogP contribution is 2.42. The molecule has 1 aliphatic heterocycles. The van der Waals surface area contributed by atoms with Gasteiger partial charge >= 0.3 is 6.03 Å². The number of primary sulfonamides is 1. The third kappa shape index (κ3) is 4.72. The molecule has 1 atom stereocenters. The van der Waals surface area contributed by atoms with E-state index in [4.69, 9.17) is 26.2 Å². The molecule has 0 fully saturated rings. The van der Waals surface area contributed by atoms with Crippen molar-refractivity contribution >= 4 is 38.9 Å². The van der Waals surface area contributed by atoms with Crippen molar-refractivity contribution in [2.45, 2.75) is 10.9 Å². The lowest BCUT2D eigenvalue weighted by molar-refractivity contribution is 0.242. The third-order valence-corrected chi connectivity index (χ3v) is 6.63. The van der Waals surface area contributed by atoms with Crippen molar-refractivity contribution in [3.05, 3.63) is 88.4 Å². The van der Waals surface area contributed by atoms with Crippen molar-refractivity contribution in [3.8, 4) is 11.5 Å². The Balaban J connectivity index is 1.99. The summed E-state index contributed by atoms with van der Waals surface area (Å²) >= 11 is 6.08. The number of urea groups is 1. The molecule has 0 aliphatic carbocycles. The van der Waals surface area contributed by atoms with E-state index in [2.05, 4.69) is 10.6 Å². The number of nitrogens with two attached hydrogens (primary N) is 1. The van der Waals surface area contributed by atoms with Gasteiger partial charge in [-0.3, -0.25) is 0 Å². The summed E-state index contributed by atoms with van der Waals surface area (Å²) in [6.07, 6.45) is 0. The highest BCUT2D eigenvalue weighted by atomic mass is 35.5. The zero-order valence-electron chi connectivity index (χ0n) is 18.3. The maximum Gasteiger partial charge on any atom is 0.320 e. The fraction of sp³-hybridized carbons (Fsp3) is 0.125. The second-order valence-electron chi connectivity index (χ2n) is 7.50. The van der Waals surface area contributed by atoms with E-state index in [0.29, 0.717) is 38.9 Å². The van der Waals surface area contributed by atoms with Crippen LogP contribution in [0.4, 0.5) is 4.79 Å². The van der Waals surface area contributed by atoms with Gasteiger partial charge in [-0.15, -0.1) is 0 Å². The molecule has 4 rings (SSSR count). The van der Waals surface area contributed by atoms with Gasteiger partial charge in [0.2, 0.25) is 10.0 Å². The van der Waals surface area contributed by atoms with Crippen LogP contribution in [0.15, 0.2) is 71.6 Å². The minimum Gasteiger partial charge on any atom is -0.497 e. The largest absolute Gasteiger partial charge is 0.497 e. The van der Waals surface area contributed by atoms with Gasteiger partial charge in [-0.25, -0.2) is 18.4 Å². The van der Waals surface area contributed by atoms with E-state index >= 15 is 0 Å². The number of methoxy groups -OCH3 is 2. The number of carbonyl (C=O) groups excluding carboxylic acids is 1. The molecular weight excluding hydrogens is 478 g/mol. The Morgan fingerprint density at radius 1 is 0.912 bits per heavy atom. The fourth-order valence-electron chi connectivity index (χ4n) is 3.84. The minimum absolute atomic E-state index is 0.0202. The first-order chi connectivity index (χ1) is 16.2. The molecule has 4 N–H and O–H groups in total. The van der Waals surface area contributed by atoms with Gasteiger partial charge in [-0.1, -0.05) is 35.9 Å². The molecule has 34 heavy (non-hydrogen) atoms. The van der Waals surface area contributed by atoms with E-state index in [-0.39, 0.29) is 4.90 Å². The predicted octanol–water partition coefficient (Wildman–Crippen LogP) is 3.93. The van der Waals surface area contributed by atoms with Crippen LogP contribution < -0.4 is 25.2 Å². The number of benzene rings is 3. The Labute approximate surface area is 202 Å². The van der Waals surface area contributed by atoms with Gasteiger partial charge < -0.3 is 20.1 Å². The Hall–Kier alpha value is -3.53. The van der Waals surface area contributed by atoms with Crippen LogP contribution in [-0.4, -0.2) is 28.7 Å². The zero-order valence-corrected chi connectivity index (χ0v) is 19.9. The van der Waals surface area contributed by atoms with Crippen molar-refractivity contribution in [3.63, 3.8) is 0 Å². The third-order valence-electron chi connectivity index (χ3n) is 5.45. The number of ether oxygens (including phenoxy) is 2. The number of rotatable bonds is 6. The van der Waals surface area contributed by atoms with Crippen LogP contribution in [0.1, 0.15) is 22.7 Å². The molecule has 1 unspecified atom stereocenters. The highest BCUT2D eigenvalue weighted by Gasteiger charge is 2.32. The number of nitrogens with one attached hydrogen (secondary N) is 2. The Morgan fingerprint density at radius 3 is 2.15 bits per heavy atom. The quantitative estimate of drug-likeness (QED) is 0.474. The molecular formula is C24H22ClN3O5S. The summed E-state index contributed by atoms with van der Waals surface area (Å²) in [6.45, 7) is 0. The summed E-state index contributed by atoms with van der Waals surface area (Å²) in [5.74, 6) is 1.13. The van der Waals surface area contributed by atoms with E-state index in [1.54, 1.807) is 68.8 Å². The second kappa shape index (κ2) is 9.38. The van der Waals surface area contributed by atoms with Gasteiger partial charge in [0.05, 0.1) is 30.9 Å². The first-order valence-corrected chi connectivity index (χ1v) is 12.1. The first-order valence-electron chi connectivity index (χ1n) is 10.1. The molecule has 176 valence electrons. The van der Waals surface area contributed by atoms with Crippen LogP contribution in [0, 0.1) is 0 Å². The highest BCUT2D eigenvalue weighted by molar-refractivity contribution is 7.89. The van der Waals surface area contributed by atoms with Gasteiger partial charge in [-0.05, 0) is 53.6 Å². The average Bonchev–Trinajstić information content (AvgIpc) is 2.83. The number of hydrogen-bond acceptors (Lipinski definition) is 5. The SMILES string of the molecule is COc1ccc(OC)c(C2NC(=O)NC(c3ccc(Cl)cc3)=C2c2ccc(S(N)(=O)=O)cc2)c1. The summed E-state index contributed by atoms with van der Waals surface area (Å²) < 4.78 is 34.5. The Bertz CT molecular complexity index is 1370. The molecule has 0 bridgehead atoms. The van der Waals surface area contributed by atoms with Gasteiger partial charge in [0.25, 0.3) is 0 Å². The molecule has 0 radical (unpaired) electrons. The maximum atomic E-state index is 12.8. The zero-order chi connectivity index (χ0) is 24.5. The number of sulfonamides is 1. The lowest BCUT2D eigenvalue weighted by Crippen LogP contribution is -2.43. The van der Waals surface area contributed by atoms with E-state index in [1.165, 1.54) is 12.1 Å². The van der Waals surface area contributed by atoms with Crippen molar-refractivity contribution in [2.75, 3.05) is 14.2 Å². The van der Waals surface area contributed by atoms with Crippen LogP contribution in [0.2, 0.25) is 5.02 Å². The lowest BCUT2D eigenvalue weighted by atomic mass is 9.87. The van der Waals surface area contributed by atoms with E-state index in [0.717, 1.165) is 5.56 Å². The number of amides is 2. The standard InChI is InChI=1S/C24H22ClN3O5S/c1-32-17-9-12-20(33-2)19(13-17)23-21(14-5-10-18(11-6-14)34(26,30)31)22(27-24(29)28-23)15-3-7-16(25)8-4-15/h3-13,23H,1-2H3,(H2,26,30,31)(H2,27,28,29). The molecule has 2 amide bonds. The van der Waals surface area contributed by atoms with Crippen molar-refractivity contribution < 1.29 is 22.7 Å². The average molecular weight is 500 g/mol. The van der Waals surface area contributed by atoms with Crippen LogP contribution in [0.25, 0.3) is 11.3 Å². The van der Waals surface area contributed by atoms with Gasteiger partial charge in [0, 0.05) is 16.2 Å². The number of hydrogen-bond donors (Lipinski definition) is 3. The summed E-state index contributed by atoms with van der Waals surface area (Å²) in [7, 11) is -0.777. The van der Waals surface area contributed by atoms with Crippen molar-refractivity contribution in [1.29, 1.82) is 0 Å². The number of halogens is 1. The van der Waals surface area contributed by atoms with Crippen molar-refractivity contribution in [1.82, 2.24) is 10.6 Å². The molecule has 3 aromatic carbocycles. The Morgan fingerprint density at radius 2 is 1.56 bits per heavy atom. The Kier molecular flexibility index (Phi) is 6.52. The summed E-state index contributed by atoms with van der Waals surface area (Å²) in [5.41, 5.74) is 3.28. The lowest BCUT2D eigenvalue weighted by Gasteiger charge is -2.32. The molecule has 0 saturated heterocycles. The normalized spacial score (nSPS) is 16.0. The molecule has 0 aromatic heterocycles. The van der Waals surface area contributed by atoms with E-state index in [9.17, 15) is 13.2 Å². The molecule has 0 saturated carbocycles. The van der Waals surface area contributed by atoms with Crippen LogP contribution in [0.5, 0.6) is 11.5 Å². The summed E-state index contributed by atoms with van der Waals surface area (Å²) in [6, 6.07) is 17.4. The van der Waals surface area contributed by atoms with E-state index in [1.807, 2.05) is 0 Å². The van der Waals surface area contributed by atoms with E-state index < -0.39 is 22.1 Å². The topological polar surface area (TPSA) is 120 Å². The van der Waals surface area contributed by atoms with Gasteiger partial charge in [0.1, 0.15) is 11.5 Å². The predicted molar refractivity (Wildman–Crippen MR) is 130 cm³/mol. The fourth-order valence-corrected chi connectivity index (χ4v) is 4.48. The minimum atomic E-state index is -3.87. The maximum absolute atomic E-state index is 12.8. The van der Waals surface area contributed by atoms with Crippen molar-refractivity contribution in [2.24, 2.45) is 5.14 Å². The van der Waals surface area contributed by atoms with Crippen LogP contribution in [-0.2, 0) is 10.0 Å². The monoisotopic (exact) mass is 499 g/mol. The molecule has 3 aromatic rings. The molecule has 0 spiro atoms. The molecule has 1 heterocycles. The number of carbonyl (C=O) groups is 1. The first kappa shape index (κ1) is 23.6.